The van der Waals surface area contributed by atoms with E-state index in [2.05, 4.69) is 5.73 Å². The van der Waals surface area contributed by atoms with Crippen LogP contribution in [0.25, 0.3) is 0 Å². The molecule has 0 rings (SSSR count). The van der Waals surface area contributed by atoms with Crippen LogP contribution in [0.3, 0.4) is 0 Å². The molecule has 68 valence electrons. The third-order valence-electron chi connectivity index (χ3n) is 1.60. The molecular formula is C7H18NO2S+. The van der Waals surface area contributed by atoms with Gasteiger partial charge in [-0.3, -0.25) is 0 Å². The van der Waals surface area contributed by atoms with Crippen molar-refractivity contribution >= 4 is 9.84 Å². The first kappa shape index (κ1) is 10.9. The van der Waals surface area contributed by atoms with Gasteiger partial charge in [0.25, 0.3) is 0 Å². The Morgan fingerprint density at radius 1 is 1.27 bits per heavy atom. The quantitative estimate of drug-likeness (QED) is 0.655. The van der Waals surface area contributed by atoms with Crippen LogP contribution in [-0.2, 0) is 9.84 Å². The summed E-state index contributed by atoms with van der Waals surface area (Å²) < 4.78 is 22.2. The van der Waals surface area contributed by atoms with Gasteiger partial charge in [-0.05, 0) is 20.8 Å². The maximum Gasteiger partial charge on any atom is 0.155 e. The van der Waals surface area contributed by atoms with Crippen LogP contribution in [0.4, 0.5) is 0 Å². The highest BCUT2D eigenvalue weighted by Crippen LogP contribution is 2.16. The molecule has 3 N–H and O–H groups in total. The van der Waals surface area contributed by atoms with Crippen molar-refractivity contribution in [1.29, 1.82) is 0 Å². The Hall–Kier alpha value is -0.0900. The topological polar surface area (TPSA) is 61.8 Å². The molecular weight excluding hydrogens is 162 g/mol. The van der Waals surface area contributed by atoms with Gasteiger partial charge in [-0.15, -0.1) is 0 Å². The van der Waals surface area contributed by atoms with Gasteiger partial charge in [-0.1, -0.05) is 0 Å². The van der Waals surface area contributed by atoms with Crippen LogP contribution >= 0.6 is 0 Å². The van der Waals surface area contributed by atoms with Crippen LogP contribution in [0.2, 0.25) is 0 Å². The third-order valence-corrected chi connectivity index (χ3v) is 4.29. The van der Waals surface area contributed by atoms with Crippen LogP contribution in [0, 0.1) is 0 Å². The van der Waals surface area contributed by atoms with E-state index in [-0.39, 0.29) is 5.75 Å². The smallest absolute Gasteiger partial charge is 0.155 e. The Bertz CT molecular complexity index is 201. The molecule has 0 aromatic carbocycles. The van der Waals surface area contributed by atoms with Crippen LogP contribution in [0.15, 0.2) is 0 Å². The fourth-order valence-electron chi connectivity index (χ4n) is 0.598. The number of hydrogen-bond donors (Lipinski definition) is 1. The predicted octanol–water partition coefficient (Wildman–Crippen LogP) is -0.168. The SMILES string of the molecule is CC(C)(C)S(=O)(=O)CCC[NH3+]. The van der Waals surface area contributed by atoms with Crippen molar-refractivity contribution in [1.82, 2.24) is 0 Å². The summed E-state index contributed by atoms with van der Waals surface area (Å²) in [7, 11) is -2.90. The molecule has 0 aromatic rings. The lowest BCUT2D eigenvalue weighted by molar-refractivity contribution is -0.367. The van der Waals surface area contributed by atoms with E-state index in [0.717, 1.165) is 0 Å². The average Bonchev–Trinajstić information content (AvgIpc) is 1.81. The summed E-state index contributed by atoms with van der Waals surface area (Å²) in [5, 5.41) is 0. The highest BCUT2D eigenvalue weighted by molar-refractivity contribution is 7.92. The lowest BCUT2D eigenvalue weighted by Crippen LogP contribution is -2.51. The van der Waals surface area contributed by atoms with Crippen molar-refractivity contribution in [3.63, 3.8) is 0 Å². The summed E-state index contributed by atoms with van der Waals surface area (Å²) in [5.41, 5.74) is 3.61. The number of quaternary nitrogens is 1. The predicted molar refractivity (Wildman–Crippen MR) is 45.9 cm³/mol. The fourth-order valence-corrected chi connectivity index (χ4v) is 1.79. The van der Waals surface area contributed by atoms with Gasteiger partial charge in [0.15, 0.2) is 9.84 Å². The summed E-state index contributed by atoms with van der Waals surface area (Å²) in [6.07, 6.45) is 0.666. The van der Waals surface area contributed by atoms with Gasteiger partial charge in [0.05, 0.1) is 17.0 Å². The summed E-state index contributed by atoms with van der Waals surface area (Å²) in [5.74, 6) is 0.264. The van der Waals surface area contributed by atoms with Crippen LogP contribution in [-0.4, -0.2) is 25.5 Å². The molecule has 0 spiro atoms. The highest BCUT2D eigenvalue weighted by atomic mass is 32.2. The van der Waals surface area contributed by atoms with E-state index in [4.69, 9.17) is 0 Å². The first-order valence-corrected chi connectivity index (χ1v) is 5.48. The van der Waals surface area contributed by atoms with E-state index in [1.807, 2.05) is 0 Å². The lowest BCUT2D eigenvalue weighted by Gasteiger charge is -2.18. The zero-order valence-electron chi connectivity index (χ0n) is 7.55. The Kier molecular flexibility index (Phi) is 3.51. The normalized spacial score (nSPS) is 13.5. The average molecular weight is 180 g/mol. The summed E-state index contributed by atoms with van der Waals surface area (Å²) in [6, 6.07) is 0. The summed E-state index contributed by atoms with van der Waals surface area (Å²) in [4.78, 5) is 0. The Labute approximate surface area is 68.9 Å². The van der Waals surface area contributed by atoms with Gasteiger partial charge in [-0.2, -0.15) is 0 Å². The summed E-state index contributed by atoms with van der Waals surface area (Å²) >= 11 is 0. The largest absolute Gasteiger partial charge is 0.358 e. The summed E-state index contributed by atoms with van der Waals surface area (Å²) in [6.45, 7) is 5.87. The van der Waals surface area contributed by atoms with Gasteiger partial charge in [0.1, 0.15) is 0 Å². The molecule has 0 heterocycles. The van der Waals surface area contributed by atoms with Crippen LogP contribution < -0.4 is 5.73 Å². The van der Waals surface area contributed by atoms with Crippen LogP contribution in [0.1, 0.15) is 27.2 Å². The second-order valence-corrected chi connectivity index (χ2v) is 6.50. The standard InChI is InChI=1S/C7H17NO2S/c1-7(2,3)11(9,10)6-4-5-8/h4-6,8H2,1-3H3/p+1. The van der Waals surface area contributed by atoms with Crippen LogP contribution in [0.5, 0.6) is 0 Å². The molecule has 0 radical (unpaired) electrons. The molecule has 11 heavy (non-hydrogen) atoms. The molecule has 0 saturated heterocycles. The molecule has 0 aromatic heterocycles. The third kappa shape index (κ3) is 3.20. The van der Waals surface area contributed by atoms with Gasteiger partial charge < -0.3 is 5.73 Å². The number of rotatable bonds is 3. The van der Waals surface area contributed by atoms with Crippen molar-refractivity contribution in [2.75, 3.05) is 12.3 Å². The minimum atomic E-state index is -2.90. The Morgan fingerprint density at radius 3 is 2.00 bits per heavy atom. The van der Waals surface area contributed by atoms with Crippen molar-refractivity contribution in [2.45, 2.75) is 31.9 Å². The molecule has 4 heteroatoms. The molecule has 0 unspecified atom stereocenters. The zero-order chi connectivity index (χ0) is 9.12. The second-order valence-electron chi connectivity index (χ2n) is 3.64. The van der Waals surface area contributed by atoms with E-state index in [1.54, 1.807) is 20.8 Å². The van der Waals surface area contributed by atoms with E-state index < -0.39 is 14.6 Å². The van der Waals surface area contributed by atoms with Gasteiger partial charge in [-0.25, -0.2) is 8.42 Å². The molecule has 0 aliphatic rings. The zero-order valence-corrected chi connectivity index (χ0v) is 8.37. The maximum atomic E-state index is 11.4. The molecule has 0 aliphatic heterocycles. The molecule has 0 atom stereocenters. The maximum absolute atomic E-state index is 11.4. The first-order valence-electron chi connectivity index (χ1n) is 3.83. The molecule has 0 aliphatic carbocycles. The van der Waals surface area contributed by atoms with Gasteiger partial charge in [0.2, 0.25) is 0 Å². The monoisotopic (exact) mass is 180 g/mol. The molecule has 0 fully saturated rings. The van der Waals surface area contributed by atoms with Gasteiger partial charge in [0, 0.05) is 6.42 Å². The van der Waals surface area contributed by atoms with Crippen molar-refractivity contribution in [2.24, 2.45) is 0 Å². The second kappa shape index (κ2) is 3.54. The van der Waals surface area contributed by atoms with Crippen molar-refractivity contribution in [3.8, 4) is 0 Å². The number of hydrogen-bond acceptors (Lipinski definition) is 2. The molecule has 0 bridgehead atoms. The minimum Gasteiger partial charge on any atom is -0.358 e. The Balaban J connectivity index is 4.26. The molecule has 3 nitrogen and oxygen atoms in total. The number of sulfone groups is 1. The highest BCUT2D eigenvalue weighted by Gasteiger charge is 2.27. The van der Waals surface area contributed by atoms with E-state index >= 15 is 0 Å². The molecule has 0 amide bonds. The van der Waals surface area contributed by atoms with E-state index in [0.29, 0.717) is 13.0 Å². The minimum absolute atomic E-state index is 0.264. The van der Waals surface area contributed by atoms with E-state index in [9.17, 15) is 8.42 Å². The lowest BCUT2D eigenvalue weighted by atomic mass is 10.3. The van der Waals surface area contributed by atoms with E-state index in [1.165, 1.54) is 0 Å². The molecule has 0 saturated carbocycles. The van der Waals surface area contributed by atoms with Crippen molar-refractivity contribution in [3.05, 3.63) is 0 Å². The van der Waals surface area contributed by atoms with Gasteiger partial charge >= 0.3 is 0 Å². The first-order chi connectivity index (χ1) is 4.81. The fraction of sp³-hybridized carbons (Fsp3) is 1.00. The van der Waals surface area contributed by atoms with Crippen molar-refractivity contribution < 1.29 is 14.2 Å². The Morgan fingerprint density at radius 2 is 1.73 bits per heavy atom.